The zero-order chi connectivity index (χ0) is 7.40. The van der Waals surface area contributed by atoms with Gasteiger partial charge in [-0.3, -0.25) is 4.79 Å². The van der Waals surface area contributed by atoms with Crippen LogP contribution in [0.25, 0.3) is 0 Å². The molecule has 1 aromatic heterocycles. The molecule has 52 valence electrons. The fourth-order valence-corrected chi connectivity index (χ4v) is 0.563. The first-order chi connectivity index (χ1) is 4.84. The summed E-state index contributed by atoms with van der Waals surface area (Å²) in [5.41, 5.74) is 0. The molecule has 0 radical (unpaired) electrons. The van der Waals surface area contributed by atoms with Crippen molar-refractivity contribution in [2.75, 3.05) is 0 Å². The van der Waals surface area contributed by atoms with Gasteiger partial charge in [0.25, 0.3) is 0 Å². The SMILES string of the molecule is O=C(/C=C/[O-])c1ccco1.[Na+]. The van der Waals surface area contributed by atoms with Gasteiger partial charge in [-0.1, -0.05) is 0 Å². The number of ketones is 1. The second-order valence-electron chi connectivity index (χ2n) is 1.64. The molecule has 4 heteroatoms. The van der Waals surface area contributed by atoms with Crippen molar-refractivity contribution in [1.29, 1.82) is 0 Å². The summed E-state index contributed by atoms with van der Waals surface area (Å²) in [4.78, 5) is 10.7. The topological polar surface area (TPSA) is 53.3 Å². The number of hydrogen-bond donors (Lipinski definition) is 0. The van der Waals surface area contributed by atoms with Gasteiger partial charge < -0.3 is 9.52 Å². The van der Waals surface area contributed by atoms with Crippen molar-refractivity contribution in [3.8, 4) is 0 Å². The van der Waals surface area contributed by atoms with Crippen LogP contribution in [-0.4, -0.2) is 5.78 Å². The monoisotopic (exact) mass is 160 g/mol. The number of furan rings is 1. The van der Waals surface area contributed by atoms with Crippen LogP contribution >= 0.6 is 0 Å². The summed E-state index contributed by atoms with van der Waals surface area (Å²) < 4.78 is 4.71. The zero-order valence-corrected chi connectivity index (χ0v) is 8.11. The second kappa shape index (κ2) is 5.18. The Hall–Kier alpha value is -0.510. The molecule has 1 aromatic rings. The average molecular weight is 160 g/mol. The summed E-state index contributed by atoms with van der Waals surface area (Å²) in [6.45, 7) is 0. The van der Waals surface area contributed by atoms with E-state index in [0.29, 0.717) is 6.26 Å². The van der Waals surface area contributed by atoms with E-state index < -0.39 is 5.78 Å². The Morgan fingerprint density at radius 2 is 2.36 bits per heavy atom. The zero-order valence-electron chi connectivity index (χ0n) is 6.11. The third-order valence-corrected chi connectivity index (χ3v) is 0.983. The van der Waals surface area contributed by atoms with Crippen LogP contribution < -0.4 is 34.7 Å². The maximum absolute atomic E-state index is 10.7. The van der Waals surface area contributed by atoms with Gasteiger partial charge in [-0.2, -0.15) is 0 Å². The van der Waals surface area contributed by atoms with Crippen LogP contribution in [0.5, 0.6) is 0 Å². The number of carbonyl (C=O) groups is 1. The molecule has 0 atom stereocenters. The molecule has 0 aromatic carbocycles. The van der Waals surface area contributed by atoms with Crippen molar-refractivity contribution < 1.29 is 43.9 Å². The minimum Gasteiger partial charge on any atom is -0.878 e. The molecule has 0 aliphatic carbocycles. The Bertz CT molecular complexity index is 238. The number of rotatable bonds is 2. The Morgan fingerprint density at radius 3 is 2.82 bits per heavy atom. The van der Waals surface area contributed by atoms with Crippen molar-refractivity contribution >= 4 is 5.78 Å². The molecular formula is C7H5NaO3. The molecule has 1 heterocycles. The third kappa shape index (κ3) is 2.93. The molecule has 0 spiro atoms. The maximum Gasteiger partial charge on any atom is 1.00 e. The summed E-state index contributed by atoms with van der Waals surface area (Å²) in [5.74, 6) is -0.216. The van der Waals surface area contributed by atoms with E-state index in [1.165, 1.54) is 12.3 Å². The van der Waals surface area contributed by atoms with Crippen LogP contribution in [0.4, 0.5) is 0 Å². The van der Waals surface area contributed by atoms with Gasteiger partial charge in [-0.15, -0.1) is 6.26 Å². The first-order valence-electron chi connectivity index (χ1n) is 2.71. The van der Waals surface area contributed by atoms with Crippen molar-refractivity contribution in [3.05, 3.63) is 36.5 Å². The Morgan fingerprint density at radius 1 is 1.64 bits per heavy atom. The van der Waals surface area contributed by atoms with Crippen LogP contribution in [0.1, 0.15) is 10.6 Å². The molecule has 0 N–H and O–H groups in total. The van der Waals surface area contributed by atoms with Gasteiger partial charge in [0, 0.05) is 0 Å². The van der Waals surface area contributed by atoms with E-state index in [1.807, 2.05) is 0 Å². The minimum atomic E-state index is -0.403. The van der Waals surface area contributed by atoms with Crippen LogP contribution in [0.3, 0.4) is 0 Å². The quantitative estimate of drug-likeness (QED) is 0.205. The third-order valence-electron chi connectivity index (χ3n) is 0.983. The summed E-state index contributed by atoms with van der Waals surface area (Å²) in [6.07, 6.45) is 2.73. The van der Waals surface area contributed by atoms with Gasteiger partial charge in [0.1, 0.15) is 0 Å². The molecule has 0 amide bonds. The van der Waals surface area contributed by atoms with Gasteiger partial charge in [0.15, 0.2) is 5.76 Å². The summed E-state index contributed by atoms with van der Waals surface area (Å²) in [5, 5.41) is 9.79. The maximum atomic E-state index is 10.7. The van der Waals surface area contributed by atoms with Gasteiger partial charge >= 0.3 is 29.6 Å². The molecule has 0 fully saturated rings. The van der Waals surface area contributed by atoms with E-state index in [-0.39, 0.29) is 35.3 Å². The molecule has 0 aliphatic rings. The summed E-state index contributed by atoms with van der Waals surface area (Å²) in [7, 11) is 0. The summed E-state index contributed by atoms with van der Waals surface area (Å²) >= 11 is 0. The van der Waals surface area contributed by atoms with Crippen molar-refractivity contribution in [3.63, 3.8) is 0 Å². The second-order valence-corrected chi connectivity index (χ2v) is 1.64. The van der Waals surface area contributed by atoms with Crippen molar-refractivity contribution in [1.82, 2.24) is 0 Å². The van der Waals surface area contributed by atoms with Crippen molar-refractivity contribution in [2.45, 2.75) is 0 Å². The predicted octanol–water partition coefficient (Wildman–Crippen LogP) is -2.66. The van der Waals surface area contributed by atoms with E-state index in [9.17, 15) is 9.90 Å². The summed E-state index contributed by atoms with van der Waals surface area (Å²) in [6, 6.07) is 3.09. The van der Waals surface area contributed by atoms with Gasteiger partial charge in [0.05, 0.1) is 6.26 Å². The van der Waals surface area contributed by atoms with Gasteiger partial charge in [-0.25, -0.2) is 0 Å². The molecule has 0 saturated heterocycles. The van der Waals surface area contributed by atoms with E-state index in [1.54, 1.807) is 6.07 Å². The number of hydrogen-bond acceptors (Lipinski definition) is 3. The predicted molar refractivity (Wildman–Crippen MR) is 32.2 cm³/mol. The Kier molecular flexibility index (Phi) is 4.94. The fourth-order valence-electron chi connectivity index (χ4n) is 0.563. The number of allylic oxidation sites excluding steroid dienone is 1. The van der Waals surface area contributed by atoms with Crippen LogP contribution in [-0.2, 0) is 0 Å². The first kappa shape index (κ1) is 10.5. The van der Waals surface area contributed by atoms with E-state index in [0.717, 1.165) is 6.08 Å². The molecule has 0 saturated carbocycles. The molecular weight excluding hydrogens is 155 g/mol. The molecule has 0 unspecified atom stereocenters. The first-order valence-corrected chi connectivity index (χ1v) is 2.71. The molecule has 3 nitrogen and oxygen atoms in total. The average Bonchev–Trinajstić information content (AvgIpc) is 2.38. The van der Waals surface area contributed by atoms with E-state index >= 15 is 0 Å². The molecule has 0 bridgehead atoms. The van der Waals surface area contributed by atoms with Crippen molar-refractivity contribution in [2.24, 2.45) is 0 Å². The smallest absolute Gasteiger partial charge is 0.878 e. The standard InChI is InChI=1S/C7H6O3.Na/c8-4-3-6(9)7-2-1-5-10-7;/h1-5,8H;/q;+1/p-1/b4-3+;. The fraction of sp³-hybridized carbons (Fsp3) is 0. The van der Waals surface area contributed by atoms with Gasteiger partial charge in [-0.05, 0) is 18.2 Å². The number of carbonyl (C=O) groups excluding carboxylic acids is 1. The molecule has 11 heavy (non-hydrogen) atoms. The Balaban J connectivity index is 0.000001000. The van der Waals surface area contributed by atoms with Crippen LogP contribution in [0.2, 0.25) is 0 Å². The molecule has 0 aliphatic heterocycles. The van der Waals surface area contributed by atoms with E-state index in [4.69, 9.17) is 4.42 Å². The van der Waals surface area contributed by atoms with E-state index in [2.05, 4.69) is 0 Å². The normalized spacial score (nSPS) is 9.45. The molecule has 1 rings (SSSR count). The largest absolute Gasteiger partial charge is 1.00 e. The van der Waals surface area contributed by atoms with Crippen LogP contribution in [0, 0.1) is 0 Å². The minimum absolute atomic E-state index is 0. The van der Waals surface area contributed by atoms with Crippen LogP contribution in [0.15, 0.2) is 35.2 Å². The van der Waals surface area contributed by atoms with Gasteiger partial charge in [0.2, 0.25) is 5.78 Å². The Labute approximate surface area is 86.0 Å².